The number of hydrogen-bond donors (Lipinski definition) is 1. The van der Waals surface area contributed by atoms with Gasteiger partial charge in [-0.05, 0) is 18.8 Å². The van der Waals surface area contributed by atoms with Crippen LogP contribution in [0, 0.1) is 11.3 Å². The zero-order valence-electron chi connectivity index (χ0n) is 9.10. The topological polar surface area (TPSA) is 27.1 Å². The Kier molecular flexibility index (Phi) is 3.44. The first kappa shape index (κ1) is 10.0. The molecule has 0 spiro atoms. The average Bonchev–Trinajstić information content (AvgIpc) is 2.63. The molecule has 0 aromatic carbocycles. The van der Waals surface area contributed by atoms with Crippen LogP contribution in [0.15, 0.2) is 0 Å². The predicted molar refractivity (Wildman–Crippen MR) is 59.7 cm³/mol. The summed E-state index contributed by atoms with van der Waals surface area (Å²) in [7, 11) is 0. The van der Waals surface area contributed by atoms with E-state index in [-0.39, 0.29) is 0 Å². The monoisotopic (exact) mass is 194 g/mol. The lowest BCUT2D eigenvalue weighted by Crippen LogP contribution is -2.27. The summed E-state index contributed by atoms with van der Waals surface area (Å²) >= 11 is 0. The van der Waals surface area contributed by atoms with E-state index >= 15 is 0 Å². The lowest BCUT2D eigenvalue weighted by molar-refractivity contribution is 0.304. The van der Waals surface area contributed by atoms with Gasteiger partial charge in [0.15, 0.2) is 0 Å². The number of rotatable bonds is 3. The molecular weight excluding hydrogens is 172 g/mol. The van der Waals surface area contributed by atoms with Crippen LogP contribution in [-0.2, 0) is 0 Å². The molecule has 0 unspecified atom stereocenters. The van der Waals surface area contributed by atoms with E-state index < -0.39 is 0 Å². The van der Waals surface area contributed by atoms with Gasteiger partial charge in [0, 0.05) is 19.5 Å². The summed E-state index contributed by atoms with van der Waals surface area (Å²) in [6.07, 6.45) is 10.8. The van der Waals surface area contributed by atoms with Gasteiger partial charge in [-0.15, -0.1) is 0 Å². The maximum atomic E-state index is 7.75. The van der Waals surface area contributed by atoms with Crippen molar-refractivity contribution in [3.63, 3.8) is 0 Å². The van der Waals surface area contributed by atoms with Crippen LogP contribution in [0.1, 0.15) is 51.4 Å². The smallest absolute Gasteiger partial charge is 0.0958 e. The van der Waals surface area contributed by atoms with Gasteiger partial charge in [-0.3, -0.25) is 5.41 Å². The van der Waals surface area contributed by atoms with E-state index in [0.717, 1.165) is 31.3 Å². The average molecular weight is 194 g/mol. The normalized spacial score (nSPS) is 24.6. The second-order valence-electron chi connectivity index (χ2n) is 4.83. The molecule has 1 saturated heterocycles. The van der Waals surface area contributed by atoms with Crippen LogP contribution in [0.25, 0.3) is 0 Å². The van der Waals surface area contributed by atoms with Gasteiger partial charge in [-0.25, -0.2) is 0 Å². The largest absolute Gasteiger partial charge is 0.361 e. The minimum absolute atomic E-state index is 0.890. The van der Waals surface area contributed by atoms with Gasteiger partial charge in [0.05, 0.1) is 5.84 Å². The summed E-state index contributed by atoms with van der Waals surface area (Å²) in [6.45, 7) is 2.30. The van der Waals surface area contributed by atoms with Crippen LogP contribution in [0.3, 0.4) is 0 Å². The predicted octanol–water partition coefficient (Wildman–Crippen LogP) is 3.03. The Hall–Kier alpha value is -0.530. The van der Waals surface area contributed by atoms with Crippen LogP contribution in [0.2, 0.25) is 0 Å². The van der Waals surface area contributed by atoms with E-state index in [1.807, 2.05) is 0 Å². The molecule has 1 aliphatic heterocycles. The first-order valence-corrected chi connectivity index (χ1v) is 6.18. The molecule has 2 rings (SSSR count). The minimum Gasteiger partial charge on any atom is -0.361 e. The maximum Gasteiger partial charge on any atom is 0.0958 e. The van der Waals surface area contributed by atoms with Gasteiger partial charge < -0.3 is 4.90 Å². The second-order valence-corrected chi connectivity index (χ2v) is 4.83. The Morgan fingerprint density at radius 3 is 2.57 bits per heavy atom. The highest BCUT2D eigenvalue weighted by atomic mass is 15.2. The van der Waals surface area contributed by atoms with Gasteiger partial charge in [-0.2, -0.15) is 0 Å². The quantitative estimate of drug-likeness (QED) is 0.734. The zero-order chi connectivity index (χ0) is 9.80. The van der Waals surface area contributed by atoms with E-state index in [0.29, 0.717) is 0 Å². The molecule has 2 aliphatic rings. The van der Waals surface area contributed by atoms with Crippen molar-refractivity contribution in [3.05, 3.63) is 0 Å². The lowest BCUT2D eigenvalue weighted by atomic mass is 9.87. The van der Waals surface area contributed by atoms with Crippen molar-refractivity contribution in [2.24, 2.45) is 5.92 Å². The fourth-order valence-electron chi connectivity index (χ4n) is 2.79. The molecule has 80 valence electrons. The Morgan fingerprint density at radius 2 is 1.93 bits per heavy atom. The van der Waals surface area contributed by atoms with Crippen molar-refractivity contribution < 1.29 is 0 Å². The molecule has 0 atom stereocenters. The molecular formula is C12H22N2. The molecule has 2 fully saturated rings. The first-order chi connectivity index (χ1) is 6.86. The highest BCUT2D eigenvalue weighted by Crippen LogP contribution is 2.26. The minimum atomic E-state index is 0.890. The highest BCUT2D eigenvalue weighted by molar-refractivity contribution is 5.80. The summed E-state index contributed by atoms with van der Waals surface area (Å²) in [5.74, 6) is 1.86. The molecule has 0 aromatic heterocycles. The fraction of sp³-hybridized carbons (Fsp3) is 0.917. The molecule has 1 saturated carbocycles. The standard InChI is InChI=1S/C12H22N2/c13-12-7-4-9-14(12)10-8-11-5-2-1-3-6-11/h11,13H,1-10H2. The third-order valence-electron chi connectivity index (χ3n) is 3.76. The molecule has 0 aromatic rings. The Labute approximate surface area is 87.2 Å². The molecule has 0 radical (unpaired) electrons. The van der Waals surface area contributed by atoms with E-state index in [1.54, 1.807) is 0 Å². The SMILES string of the molecule is N=C1CCCN1CCC1CCCCC1. The number of nitrogens with zero attached hydrogens (tertiary/aromatic N) is 1. The fourth-order valence-corrected chi connectivity index (χ4v) is 2.79. The molecule has 1 N–H and O–H groups in total. The van der Waals surface area contributed by atoms with Crippen LogP contribution in [0.4, 0.5) is 0 Å². The van der Waals surface area contributed by atoms with Crippen LogP contribution in [-0.4, -0.2) is 23.8 Å². The second kappa shape index (κ2) is 4.81. The van der Waals surface area contributed by atoms with Crippen molar-refractivity contribution in [2.75, 3.05) is 13.1 Å². The molecule has 2 nitrogen and oxygen atoms in total. The first-order valence-electron chi connectivity index (χ1n) is 6.18. The molecule has 0 amide bonds. The zero-order valence-corrected chi connectivity index (χ0v) is 9.10. The van der Waals surface area contributed by atoms with E-state index in [9.17, 15) is 0 Å². The summed E-state index contributed by atoms with van der Waals surface area (Å²) in [5.41, 5.74) is 0. The maximum absolute atomic E-state index is 7.75. The van der Waals surface area contributed by atoms with Gasteiger partial charge in [0.1, 0.15) is 0 Å². The number of hydrogen-bond acceptors (Lipinski definition) is 1. The van der Waals surface area contributed by atoms with Crippen molar-refractivity contribution >= 4 is 5.84 Å². The third kappa shape index (κ3) is 2.49. The Bertz CT molecular complexity index is 194. The number of nitrogens with one attached hydrogen (secondary N) is 1. The van der Waals surface area contributed by atoms with Crippen LogP contribution in [0.5, 0.6) is 0 Å². The number of amidine groups is 1. The van der Waals surface area contributed by atoms with Crippen molar-refractivity contribution in [2.45, 2.75) is 51.4 Å². The summed E-state index contributed by atoms with van der Waals surface area (Å²) < 4.78 is 0. The van der Waals surface area contributed by atoms with Gasteiger partial charge >= 0.3 is 0 Å². The van der Waals surface area contributed by atoms with Crippen LogP contribution < -0.4 is 0 Å². The van der Waals surface area contributed by atoms with Crippen molar-refractivity contribution in [3.8, 4) is 0 Å². The molecule has 1 heterocycles. The summed E-state index contributed by atoms with van der Waals surface area (Å²) in [6, 6.07) is 0. The van der Waals surface area contributed by atoms with Crippen LogP contribution >= 0.6 is 0 Å². The van der Waals surface area contributed by atoms with E-state index in [4.69, 9.17) is 5.41 Å². The lowest BCUT2D eigenvalue weighted by Gasteiger charge is -2.25. The molecule has 0 bridgehead atoms. The molecule has 2 heteroatoms. The third-order valence-corrected chi connectivity index (χ3v) is 3.76. The number of likely N-dealkylation sites (tertiary alicyclic amines) is 1. The summed E-state index contributed by atoms with van der Waals surface area (Å²) in [4.78, 5) is 2.29. The van der Waals surface area contributed by atoms with Gasteiger partial charge in [-0.1, -0.05) is 32.1 Å². The van der Waals surface area contributed by atoms with E-state index in [2.05, 4.69) is 4.90 Å². The van der Waals surface area contributed by atoms with Gasteiger partial charge in [0.2, 0.25) is 0 Å². The molecule has 1 aliphatic carbocycles. The highest BCUT2D eigenvalue weighted by Gasteiger charge is 2.19. The molecule has 14 heavy (non-hydrogen) atoms. The van der Waals surface area contributed by atoms with Gasteiger partial charge in [0.25, 0.3) is 0 Å². The Balaban J connectivity index is 1.68. The van der Waals surface area contributed by atoms with Crippen molar-refractivity contribution in [1.82, 2.24) is 4.90 Å². The van der Waals surface area contributed by atoms with E-state index in [1.165, 1.54) is 44.9 Å². The van der Waals surface area contributed by atoms with Crippen molar-refractivity contribution in [1.29, 1.82) is 5.41 Å². The summed E-state index contributed by atoms with van der Waals surface area (Å²) in [5, 5.41) is 7.75. The Morgan fingerprint density at radius 1 is 1.14 bits per heavy atom.